The number of aromatic amines is 1. The molecule has 0 spiro atoms. The van der Waals surface area contributed by atoms with Crippen LogP contribution in [0.1, 0.15) is 17.5 Å². The van der Waals surface area contributed by atoms with Gasteiger partial charge in [-0.1, -0.05) is 28.1 Å². The summed E-state index contributed by atoms with van der Waals surface area (Å²) < 4.78 is 6.08. The molecule has 1 aromatic heterocycles. The molecule has 0 amide bonds. The lowest BCUT2D eigenvalue weighted by molar-refractivity contribution is 0.211. The van der Waals surface area contributed by atoms with Gasteiger partial charge in [0.25, 0.3) is 0 Å². The summed E-state index contributed by atoms with van der Waals surface area (Å²) in [5.41, 5.74) is 2.49. The molecule has 4 nitrogen and oxygen atoms in total. The average Bonchev–Trinajstić information content (AvgIpc) is 2.89. The second-order valence-electron chi connectivity index (χ2n) is 4.46. The Kier molecular flexibility index (Phi) is 3.46. The molecule has 1 heterocycles. The highest BCUT2D eigenvalue weighted by Crippen LogP contribution is 2.25. The van der Waals surface area contributed by atoms with Crippen LogP contribution < -0.4 is 4.74 Å². The van der Waals surface area contributed by atoms with Gasteiger partial charge in [-0.2, -0.15) is 0 Å². The molecule has 5 heteroatoms. The third-order valence-electron chi connectivity index (χ3n) is 3.15. The van der Waals surface area contributed by atoms with Gasteiger partial charge in [0.2, 0.25) is 0 Å². The maximum atomic E-state index is 10.4. The number of imidazole rings is 1. The number of benzene rings is 2. The molecular formula is C15H13BrN2O2. The highest BCUT2D eigenvalue weighted by atomic mass is 79.9. The number of hydrogen-bond donors (Lipinski definition) is 2. The van der Waals surface area contributed by atoms with Crippen molar-refractivity contribution in [2.24, 2.45) is 0 Å². The van der Waals surface area contributed by atoms with Crippen molar-refractivity contribution in [1.82, 2.24) is 9.97 Å². The molecule has 1 atom stereocenters. The molecule has 2 N–H and O–H groups in total. The highest BCUT2D eigenvalue weighted by molar-refractivity contribution is 9.10. The monoisotopic (exact) mass is 332 g/mol. The van der Waals surface area contributed by atoms with Crippen LogP contribution in [0.25, 0.3) is 11.0 Å². The van der Waals surface area contributed by atoms with Crippen molar-refractivity contribution < 1.29 is 9.84 Å². The van der Waals surface area contributed by atoms with Gasteiger partial charge in [-0.25, -0.2) is 4.98 Å². The molecule has 0 saturated heterocycles. The van der Waals surface area contributed by atoms with Gasteiger partial charge in [0.1, 0.15) is 17.7 Å². The van der Waals surface area contributed by atoms with Crippen molar-refractivity contribution in [3.05, 3.63) is 58.3 Å². The topological polar surface area (TPSA) is 58.1 Å². The predicted molar refractivity (Wildman–Crippen MR) is 80.8 cm³/mol. The first-order valence-corrected chi connectivity index (χ1v) is 6.94. The Bertz CT molecular complexity index is 737. The smallest absolute Gasteiger partial charge is 0.140 e. The first-order valence-electron chi connectivity index (χ1n) is 6.14. The minimum absolute atomic E-state index is 0.531. The van der Waals surface area contributed by atoms with Gasteiger partial charge in [-0.3, -0.25) is 0 Å². The molecule has 0 saturated carbocycles. The SMILES string of the molecule is COc1ccc(C(O)c2nc3ccc(Br)cc3[nH]2)cc1. The lowest BCUT2D eigenvalue weighted by Gasteiger charge is -2.08. The number of aromatic nitrogens is 2. The largest absolute Gasteiger partial charge is 0.497 e. The Morgan fingerprint density at radius 2 is 1.95 bits per heavy atom. The summed E-state index contributed by atoms with van der Waals surface area (Å²) in [6.07, 6.45) is -0.785. The van der Waals surface area contributed by atoms with Crippen LogP contribution in [-0.4, -0.2) is 22.2 Å². The molecule has 102 valence electrons. The molecule has 20 heavy (non-hydrogen) atoms. The summed E-state index contributed by atoms with van der Waals surface area (Å²) in [6, 6.07) is 13.0. The molecule has 2 aromatic carbocycles. The zero-order chi connectivity index (χ0) is 14.1. The van der Waals surface area contributed by atoms with E-state index in [2.05, 4.69) is 25.9 Å². The van der Waals surface area contributed by atoms with E-state index in [1.54, 1.807) is 7.11 Å². The Morgan fingerprint density at radius 1 is 1.20 bits per heavy atom. The quantitative estimate of drug-likeness (QED) is 0.772. The number of nitrogens with one attached hydrogen (secondary N) is 1. The van der Waals surface area contributed by atoms with Crippen LogP contribution >= 0.6 is 15.9 Å². The number of aliphatic hydroxyl groups excluding tert-OH is 1. The number of hydrogen-bond acceptors (Lipinski definition) is 3. The van der Waals surface area contributed by atoms with Gasteiger partial charge in [-0.05, 0) is 35.9 Å². The Labute approximate surface area is 124 Å². The molecule has 0 aliphatic rings. The van der Waals surface area contributed by atoms with Crippen LogP contribution in [0.15, 0.2) is 46.9 Å². The van der Waals surface area contributed by atoms with E-state index >= 15 is 0 Å². The second kappa shape index (κ2) is 5.26. The summed E-state index contributed by atoms with van der Waals surface area (Å²) in [7, 11) is 1.61. The average molecular weight is 333 g/mol. The van der Waals surface area contributed by atoms with Gasteiger partial charge in [0, 0.05) is 4.47 Å². The molecule has 0 aliphatic carbocycles. The fraction of sp³-hybridized carbons (Fsp3) is 0.133. The normalized spacial score (nSPS) is 12.6. The van der Waals surface area contributed by atoms with Gasteiger partial charge >= 0.3 is 0 Å². The van der Waals surface area contributed by atoms with E-state index in [9.17, 15) is 5.11 Å². The molecule has 0 fully saturated rings. The Balaban J connectivity index is 1.96. The molecule has 1 unspecified atom stereocenters. The number of rotatable bonds is 3. The molecule has 3 rings (SSSR count). The lowest BCUT2D eigenvalue weighted by Crippen LogP contribution is -2.01. The van der Waals surface area contributed by atoms with Crippen LogP contribution in [0.2, 0.25) is 0 Å². The number of halogens is 1. The first kappa shape index (κ1) is 13.1. The van der Waals surface area contributed by atoms with E-state index in [1.807, 2.05) is 42.5 Å². The van der Waals surface area contributed by atoms with E-state index in [-0.39, 0.29) is 0 Å². The highest BCUT2D eigenvalue weighted by Gasteiger charge is 2.15. The van der Waals surface area contributed by atoms with E-state index in [4.69, 9.17) is 4.74 Å². The minimum Gasteiger partial charge on any atom is -0.497 e. The molecular weight excluding hydrogens is 320 g/mol. The van der Waals surface area contributed by atoms with Crippen LogP contribution in [0.3, 0.4) is 0 Å². The summed E-state index contributed by atoms with van der Waals surface area (Å²) in [6.45, 7) is 0. The van der Waals surface area contributed by atoms with Crippen LogP contribution in [-0.2, 0) is 0 Å². The standard InChI is InChI=1S/C15H13BrN2O2/c1-20-11-5-2-9(3-6-11)14(19)15-17-12-7-4-10(16)8-13(12)18-15/h2-8,14,19H,1H3,(H,17,18). The summed E-state index contributed by atoms with van der Waals surface area (Å²) in [5.74, 6) is 1.29. The van der Waals surface area contributed by atoms with E-state index in [1.165, 1.54) is 0 Å². The van der Waals surface area contributed by atoms with Gasteiger partial charge < -0.3 is 14.8 Å². The zero-order valence-electron chi connectivity index (χ0n) is 10.8. The van der Waals surface area contributed by atoms with Gasteiger partial charge in [-0.15, -0.1) is 0 Å². The summed E-state index contributed by atoms with van der Waals surface area (Å²) in [4.78, 5) is 7.56. The maximum Gasteiger partial charge on any atom is 0.140 e. The van der Waals surface area contributed by atoms with Gasteiger partial charge in [0.15, 0.2) is 0 Å². The van der Waals surface area contributed by atoms with E-state index in [0.29, 0.717) is 5.82 Å². The van der Waals surface area contributed by atoms with Crippen molar-refractivity contribution in [1.29, 1.82) is 0 Å². The minimum atomic E-state index is -0.785. The summed E-state index contributed by atoms with van der Waals surface area (Å²) in [5, 5.41) is 10.4. The third-order valence-corrected chi connectivity index (χ3v) is 3.65. The Hall–Kier alpha value is -1.85. The maximum absolute atomic E-state index is 10.4. The van der Waals surface area contributed by atoms with Crippen LogP contribution in [0, 0.1) is 0 Å². The van der Waals surface area contributed by atoms with Crippen LogP contribution in [0.5, 0.6) is 5.75 Å². The first-order chi connectivity index (χ1) is 9.67. The fourth-order valence-corrected chi connectivity index (χ4v) is 2.44. The molecule has 0 radical (unpaired) electrons. The number of methoxy groups -OCH3 is 1. The van der Waals surface area contributed by atoms with E-state index in [0.717, 1.165) is 26.8 Å². The number of H-pyrrole nitrogens is 1. The fourth-order valence-electron chi connectivity index (χ4n) is 2.08. The van der Waals surface area contributed by atoms with Crippen molar-refractivity contribution in [2.75, 3.05) is 7.11 Å². The number of ether oxygens (including phenoxy) is 1. The number of nitrogens with zero attached hydrogens (tertiary/aromatic N) is 1. The molecule has 0 bridgehead atoms. The third kappa shape index (κ3) is 2.42. The van der Waals surface area contributed by atoms with E-state index < -0.39 is 6.10 Å². The van der Waals surface area contributed by atoms with Gasteiger partial charge in [0.05, 0.1) is 18.1 Å². The van der Waals surface area contributed by atoms with Crippen molar-refractivity contribution in [3.8, 4) is 5.75 Å². The van der Waals surface area contributed by atoms with Crippen molar-refractivity contribution in [3.63, 3.8) is 0 Å². The summed E-state index contributed by atoms with van der Waals surface area (Å²) >= 11 is 3.42. The van der Waals surface area contributed by atoms with Crippen molar-refractivity contribution in [2.45, 2.75) is 6.10 Å². The predicted octanol–water partition coefficient (Wildman–Crippen LogP) is 3.42. The Morgan fingerprint density at radius 3 is 2.65 bits per heavy atom. The molecule has 3 aromatic rings. The van der Waals surface area contributed by atoms with Crippen molar-refractivity contribution >= 4 is 27.0 Å². The number of aliphatic hydroxyl groups is 1. The lowest BCUT2D eigenvalue weighted by atomic mass is 10.1. The second-order valence-corrected chi connectivity index (χ2v) is 5.37. The zero-order valence-corrected chi connectivity index (χ0v) is 12.4. The molecule has 0 aliphatic heterocycles. The number of fused-ring (bicyclic) bond motifs is 1. The van der Waals surface area contributed by atoms with Crippen LogP contribution in [0.4, 0.5) is 0 Å².